The third-order valence-corrected chi connectivity index (χ3v) is 3.82. The van der Waals surface area contributed by atoms with Gasteiger partial charge in [-0.15, -0.1) is 0 Å². The summed E-state index contributed by atoms with van der Waals surface area (Å²) in [4.78, 5) is 24.4. The van der Waals surface area contributed by atoms with E-state index in [4.69, 9.17) is 4.74 Å². The summed E-state index contributed by atoms with van der Waals surface area (Å²) in [5, 5.41) is 3.12. The van der Waals surface area contributed by atoms with Gasteiger partial charge in [-0.1, -0.05) is 61.5 Å². The molecule has 3 heteroatoms. The van der Waals surface area contributed by atoms with Gasteiger partial charge in [0.25, 0.3) is 0 Å². The van der Waals surface area contributed by atoms with Crippen LogP contribution in [0.1, 0.15) is 18.9 Å². The summed E-state index contributed by atoms with van der Waals surface area (Å²) in [6.07, 6.45) is 1.04. The molecule has 0 aliphatic carbocycles. The van der Waals surface area contributed by atoms with Gasteiger partial charge in [-0.05, 0) is 22.8 Å². The van der Waals surface area contributed by atoms with Gasteiger partial charge in [0.1, 0.15) is 0 Å². The van der Waals surface area contributed by atoms with Gasteiger partial charge in [0.2, 0.25) is 0 Å². The number of hydrogen-bond acceptors (Lipinski definition) is 3. The SMILES string of the molecule is CCCOC(=O)Cc1ccc2c(=O)c3ccccc3ccc2c1. The summed E-state index contributed by atoms with van der Waals surface area (Å²) >= 11 is 0. The Morgan fingerprint density at radius 3 is 2.52 bits per heavy atom. The van der Waals surface area contributed by atoms with Gasteiger partial charge in [-0.25, -0.2) is 0 Å². The van der Waals surface area contributed by atoms with Crippen molar-refractivity contribution in [3.63, 3.8) is 0 Å². The summed E-state index contributed by atoms with van der Waals surface area (Å²) in [6, 6.07) is 16.9. The van der Waals surface area contributed by atoms with Gasteiger partial charge < -0.3 is 4.74 Å². The number of ether oxygens (including phenoxy) is 1. The van der Waals surface area contributed by atoms with Crippen LogP contribution in [0.4, 0.5) is 0 Å². The molecule has 3 aromatic carbocycles. The minimum Gasteiger partial charge on any atom is -0.465 e. The second-order valence-electron chi connectivity index (χ2n) is 5.57. The number of carbonyl (C=O) groups is 1. The van der Waals surface area contributed by atoms with Crippen LogP contribution in [0, 0.1) is 0 Å². The lowest BCUT2D eigenvalue weighted by atomic mass is 10.1. The molecule has 0 amide bonds. The van der Waals surface area contributed by atoms with Crippen LogP contribution >= 0.6 is 0 Å². The molecular formula is C20H18O3. The van der Waals surface area contributed by atoms with Crippen molar-refractivity contribution in [2.24, 2.45) is 0 Å². The molecule has 0 aliphatic rings. The predicted molar refractivity (Wildman–Crippen MR) is 92.7 cm³/mol. The fraction of sp³-hybridized carbons (Fsp3) is 0.200. The third kappa shape index (κ3) is 3.24. The monoisotopic (exact) mass is 306 g/mol. The van der Waals surface area contributed by atoms with E-state index in [2.05, 4.69) is 0 Å². The molecule has 116 valence electrons. The normalized spacial score (nSPS) is 10.8. The van der Waals surface area contributed by atoms with Crippen molar-refractivity contribution in [2.45, 2.75) is 19.8 Å². The largest absolute Gasteiger partial charge is 0.465 e. The Balaban J connectivity index is 2.05. The molecule has 0 unspecified atom stereocenters. The molecule has 23 heavy (non-hydrogen) atoms. The zero-order valence-corrected chi connectivity index (χ0v) is 13.0. The van der Waals surface area contributed by atoms with Crippen molar-refractivity contribution in [1.29, 1.82) is 0 Å². The van der Waals surface area contributed by atoms with Crippen LogP contribution < -0.4 is 5.43 Å². The molecule has 3 aromatic rings. The standard InChI is InChI=1S/C20H18O3/c1-2-11-23-19(21)13-14-7-10-18-16(12-14)9-8-15-5-3-4-6-17(15)20(18)22/h3-10,12H,2,11,13H2,1H3. The lowest BCUT2D eigenvalue weighted by Gasteiger charge is -2.03. The summed E-state index contributed by atoms with van der Waals surface area (Å²) < 4.78 is 5.11. The first-order valence-electron chi connectivity index (χ1n) is 7.79. The van der Waals surface area contributed by atoms with E-state index in [9.17, 15) is 9.59 Å². The summed E-state index contributed by atoms with van der Waals surface area (Å²) in [7, 11) is 0. The van der Waals surface area contributed by atoms with E-state index in [0.29, 0.717) is 17.4 Å². The fourth-order valence-electron chi connectivity index (χ4n) is 2.67. The minimum absolute atomic E-state index is 0.0145. The van der Waals surface area contributed by atoms with E-state index in [0.717, 1.165) is 22.8 Å². The van der Waals surface area contributed by atoms with Gasteiger partial charge in [-0.2, -0.15) is 0 Å². The highest BCUT2D eigenvalue weighted by atomic mass is 16.5. The number of esters is 1. The molecule has 0 spiro atoms. The lowest BCUT2D eigenvalue weighted by molar-refractivity contribution is -0.142. The van der Waals surface area contributed by atoms with Crippen molar-refractivity contribution in [1.82, 2.24) is 0 Å². The van der Waals surface area contributed by atoms with E-state index < -0.39 is 0 Å². The van der Waals surface area contributed by atoms with Crippen LogP contribution in [0.25, 0.3) is 21.5 Å². The van der Waals surface area contributed by atoms with Crippen LogP contribution in [0.2, 0.25) is 0 Å². The Morgan fingerprint density at radius 1 is 0.957 bits per heavy atom. The molecule has 0 bridgehead atoms. The Morgan fingerprint density at radius 2 is 1.70 bits per heavy atom. The lowest BCUT2D eigenvalue weighted by Crippen LogP contribution is -2.08. The number of fused-ring (bicyclic) bond motifs is 2. The number of carbonyl (C=O) groups excluding carboxylic acids is 1. The van der Waals surface area contributed by atoms with Gasteiger partial charge in [-0.3, -0.25) is 9.59 Å². The molecule has 0 saturated heterocycles. The average molecular weight is 306 g/mol. The molecule has 0 fully saturated rings. The van der Waals surface area contributed by atoms with Crippen LogP contribution in [-0.2, 0) is 16.0 Å². The van der Waals surface area contributed by atoms with Gasteiger partial charge in [0.05, 0.1) is 13.0 Å². The first kappa shape index (κ1) is 15.2. The van der Waals surface area contributed by atoms with Crippen LogP contribution in [-0.4, -0.2) is 12.6 Å². The molecule has 0 radical (unpaired) electrons. The van der Waals surface area contributed by atoms with E-state index >= 15 is 0 Å². The van der Waals surface area contributed by atoms with Crippen molar-refractivity contribution in [3.8, 4) is 0 Å². The topological polar surface area (TPSA) is 43.4 Å². The Bertz CT molecular complexity index is 929. The Hall–Kier alpha value is -2.68. The predicted octanol–water partition coefficient (Wildman–Crippen LogP) is 3.85. The van der Waals surface area contributed by atoms with Crippen LogP contribution in [0.3, 0.4) is 0 Å². The summed E-state index contributed by atoms with van der Waals surface area (Å²) in [6.45, 7) is 2.40. The van der Waals surface area contributed by atoms with Gasteiger partial charge in [0, 0.05) is 10.8 Å². The highest BCUT2D eigenvalue weighted by Gasteiger charge is 2.07. The second-order valence-corrected chi connectivity index (χ2v) is 5.57. The Labute approximate surface area is 134 Å². The third-order valence-electron chi connectivity index (χ3n) is 3.82. The van der Waals surface area contributed by atoms with E-state index in [1.54, 1.807) is 6.07 Å². The molecule has 0 N–H and O–H groups in total. The molecule has 3 nitrogen and oxygen atoms in total. The highest BCUT2D eigenvalue weighted by molar-refractivity contribution is 5.93. The minimum atomic E-state index is -0.237. The number of rotatable bonds is 4. The van der Waals surface area contributed by atoms with E-state index in [1.807, 2.05) is 55.5 Å². The maximum atomic E-state index is 12.7. The van der Waals surface area contributed by atoms with Crippen LogP contribution in [0.5, 0.6) is 0 Å². The zero-order chi connectivity index (χ0) is 16.2. The van der Waals surface area contributed by atoms with E-state index in [1.165, 1.54) is 0 Å². The second kappa shape index (κ2) is 6.61. The van der Waals surface area contributed by atoms with Crippen molar-refractivity contribution in [3.05, 3.63) is 70.4 Å². The molecule has 0 aromatic heterocycles. The van der Waals surface area contributed by atoms with E-state index in [-0.39, 0.29) is 17.8 Å². The first-order chi connectivity index (χ1) is 11.2. The highest BCUT2D eigenvalue weighted by Crippen LogP contribution is 2.17. The van der Waals surface area contributed by atoms with Gasteiger partial charge in [0.15, 0.2) is 5.43 Å². The zero-order valence-electron chi connectivity index (χ0n) is 13.0. The maximum Gasteiger partial charge on any atom is 0.310 e. The molecule has 3 rings (SSSR count). The summed E-state index contributed by atoms with van der Waals surface area (Å²) in [5.74, 6) is -0.237. The maximum absolute atomic E-state index is 12.7. The average Bonchev–Trinajstić information content (AvgIpc) is 2.71. The molecule has 0 aliphatic heterocycles. The number of hydrogen-bond donors (Lipinski definition) is 0. The molecule has 0 heterocycles. The molecular weight excluding hydrogens is 288 g/mol. The Kier molecular flexibility index (Phi) is 4.38. The quantitative estimate of drug-likeness (QED) is 0.688. The fourth-order valence-corrected chi connectivity index (χ4v) is 2.67. The molecule has 0 atom stereocenters. The smallest absolute Gasteiger partial charge is 0.310 e. The van der Waals surface area contributed by atoms with Crippen molar-refractivity contribution >= 4 is 27.5 Å². The first-order valence-corrected chi connectivity index (χ1v) is 7.79. The van der Waals surface area contributed by atoms with Crippen molar-refractivity contribution in [2.75, 3.05) is 6.61 Å². The van der Waals surface area contributed by atoms with Gasteiger partial charge >= 0.3 is 5.97 Å². The number of benzene rings is 2. The van der Waals surface area contributed by atoms with Crippen molar-refractivity contribution < 1.29 is 9.53 Å². The summed E-state index contributed by atoms with van der Waals surface area (Å²) in [5.41, 5.74) is 0.869. The van der Waals surface area contributed by atoms with Crippen LogP contribution in [0.15, 0.2) is 59.4 Å². The molecule has 0 saturated carbocycles.